The number of aryl methyl sites for hydroxylation is 1. The van der Waals surface area contributed by atoms with Crippen LogP contribution in [0.5, 0.6) is 11.5 Å². The predicted molar refractivity (Wildman–Crippen MR) is 104 cm³/mol. The summed E-state index contributed by atoms with van der Waals surface area (Å²) in [6, 6.07) is 11.5. The summed E-state index contributed by atoms with van der Waals surface area (Å²) in [7, 11) is 3.17. The highest BCUT2D eigenvalue weighted by Gasteiger charge is 2.14. The van der Waals surface area contributed by atoms with Gasteiger partial charge in [0.15, 0.2) is 16.6 Å². The minimum Gasteiger partial charge on any atom is -0.493 e. The van der Waals surface area contributed by atoms with E-state index in [-0.39, 0.29) is 5.91 Å². The van der Waals surface area contributed by atoms with Crippen molar-refractivity contribution in [3.63, 3.8) is 0 Å². The summed E-state index contributed by atoms with van der Waals surface area (Å²) in [6.07, 6.45) is 0. The molecule has 0 aliphatic rings. The van der Waals surface area contributed by atoms with Gasteiger partial charge in [-0.05, 0) is 25.1 Å². The molecular weight excluding hydrogens is 350 g/mol. The van der Waals surface area contributed by atoms with Gasteiger partial charge < -0.3 is 14.5 Å². The van der Waals surface area contributed by atoms with Crippen molar-refractivity contribution in [3.8, 4) is 11.5 Å². The molecule has 0 saturated heterocycles. The number of H-pyrrole nitrogens is 1. The molecule has 0 unspecified atom stereocenters. The van der Waals surface area contributed by atoms with Crippen molar-refractivity contribution in [2.75, 3.05) is 19.5 Å². The van der Waals surface area contributed by atoms with Gasteiger partial charge >= 0.3 is 0 Å². The van der Waals surface area contributed by atoms with Crippen molar-refractivity contribution in [2.45, 2.75) is 6.92 Å². The first-order valence-electron chi connectivity index (χ1n) is 8.00. The number of nitrogens with zero attached hydrogens (tertiary/aromatic N) is 1. The van der Waals surface area contributed by atoms with Crippen molar-refractivity contribution in [3.05, 3.63) is 47.7 Å². The van der Waals surface area contributed by atoms with Crippen LogP contribution in [0.15, 0.2) is 36.4 Å². The van der Waals surface area contributed by atoms with Gasteiger partial charge in [0.2, 0.25) is 0 Å². The number of amides is 1. The number of rotatable bonds is 4. The van der Waals surface area contributed by atoms with Gasteiger partial charge in [0.1, 0.15) is 5.69 Å². The summed E-state index contributed by atoms with van der Waals surface area (Å²) < 4.78 is 11.5. The highest BCUT2D eigenvalue weighted by Crippen LogP contribution is 2.36. The molecule has 0 spiro atoms. The van der Waals surface area contributed by atoms with E-state index < -0.39 is 0 Å². The maximum atomic E-state index is 12.6. The molecule has 2 N–H and O–H groups in total. The summed E-state index contributed by atoms with van der Waals surface area (Å²) in [5.41, 5.74) is 3.33. The molecule has 2 aromatic heterocycles. The molecule has 2 aromatic carbocycles. The van der Waals surface area contributed by atoms with Gasteiger partial charge in [-0.1, -0.05) is 23.0 Å². The number of benzene rings is 2. The highest BCUT2D eigenvalue weighted by atomic mass is 32.1. The third-order valence-corrected chi connectivity index (χ3v) is 5.07. The maximum Gasteiger partial charge on any atom is 0.273 e. The van der Waals surface area contributed by atoms with Crippen LogP contribution in [0.2, 0.25) is 0 Å². The normalized spacial score (nSPS) is 11.0. The van der Waals surface area contributed by atoms with Crippen molar-refractivity contribution >= 4 is 43.5 Å². The van der Waals surface area contributed by atoms with Gasteiger partial charge in [0.25, 0.3) is 5.91 Å². The fourth-order valence-corrected chi connectivity index (χ4v) is 3.72. The number of nitrogens with one attached hydrogen (secondary N) is 2. The van der Waals surface area contributed by atoms with Crippen LogP contribution in [0, 0.1) is 6.92 Å². The van der Waals surface area contributed by atoms with Gasteiger partial charge in [0.05, 0.1) is 24.4 Å². The Morgan fingerprint density at radius 1 is 1.12 bits per heavy atom. The van der Waals surface area contributed by atoms with Crippen LogP contribution < -0.4 is 14.8 Å². The zero-order valence-electron chi connectivity index (χ0n) is 14.5. The largest absolute Gasteiger partial charge is 0.493 e. The summed E-state index contributed by atoms with van der Waals surface area (Å²) in [5.74, 6) is 1.01. The van der Waals surface area contributed by atoms with Gasteiger partial charge in [-0.15, -0.1) is 0 Å². The number of carbonyl (C=O) groups excluding carboxylic acids is 1. The Kier molecular flexibility index (Phi) is 4.00. The minimum absolute atomic E-state index is 0.225. The van der Waals surface area contributed by atoms with Crippen LogP contribution in [0.25, 0.3) is 21.1 Å². The average molecular weight is 367 g/mol. The van der Waals surface area contributed by atoms with E-state index in [1.54, 1.807) is 20.3 Å². The highest BCUT2D eigenvalue weighted by molar-refractivity contribution is 7.22. The van der Waals surface area contributed by atoms with E-state index in [4.69, 9.17) is 9.47 Å². The molecule has 132 valence electrons. The molecule has 6 nitrogen and oxygen atoms in total. The second-order valence-electron chi connectivity index (χ2n) is 5.92. The molecule has 0 atom stereocenters. The number of aromatic amines is 1. The molecule has 4 aromatic rings. The monoisotopic (exact) mass is 367 g/mol. The zero-order valence-corrected chi connectivity index (χ0v) is 15.4. The number of fused-ring (bicyclic) bond motifs is 2. The van der Waals surface area contributed by atoms with Gasteiger partial charge in [0, 0.05) is 23.0 Å². The summed E-state index contributed by atoms with van der Waals surface area (Å²) in [6.45, 7) is 2.02. The second kappa shape index (κ2) is 6.34. The van der Waals surface area contributed by atoms with Crippen molar-refractivity contribution in [1.29, 1.82) is 0 Å². The van der Waals surface area contributed by atoms with Crippen molar-refractivity contribution < 1.29 is 14.3 Å². The Balaban J connectivity index is 1.63. The van der Waals surface area contributed by atoms with Crippen LogP contribution in [0.4, 0.5) is 5.13 Å². The average Bonchev–Trinajstić information content (AvgIpc) is 3.22. The van der Waals surface area contributed by atoms with E-state index in [9.17, 15) is 4.79 Å². The van der Waals surface area contributed by atoms with Crippen LogP contribution in [-0.4, -0.2) is 30.1 Å². The minimum atomic E-state index is -0.225. The lowest BCUT2D eigenvalue weighted by molar-refractivity contribution is 0.102. The lowest BCUT2D eigenvalue weighted by atomic mass is 10.2. The van der Waals surface area contributed by atoms with Crippen LogP contribution in [0.1, 0.15) is 16.1 Å². The maximum absolute atomic E-state index is 12.6. The van der Waals surface area contributed by atoms with Crippen LogP contribution in [-0.2, 0) is 0 Å². The topological polar surface area (TPSA) is 76.2 Å². The zero-order chi connectivity index (χ0) is 18.3. The molecule has 0 aliphatic carbocycles. The number of thiazole rings is 1. The number of anilines is 1. The van der Waals surface area contributed by atoms with Crippen molar-refractivity contribution in [2.24, 2.45) is 0 Å². The molecule has 1 amide bonds. The van der Waals surface area contributed by atoms with Crippen LogP contribution in [0.3, 0.4) is 0 Å². The summed E-state index contributed by atoms with van der Waals surface area (Å²) in [5, 5.41) is 4.39. The first kappa shape index (κ1) is 16.4. The first-order valence-corrected chi connectivity index (χ1v) is 8.82. The Morgan fingerprint density at radius 3 is 2.65 bits per heavy atom. The first-order chi connectivity index (χ1) is 12.6. The molecule has 4 rings (SSSR count). The number of hydrogen-bond donors (Lipinski definition) is 2. The quantitative estimate of drug-likeness (QED) is 0.562. The molecule has 0 radical (unpaired) electrons. The third kappa shape index (κ3) is 2.86. The Bertz CT molecular complexity index is 1090. The molecule has 0 aliphatic heterocycles. The van der Waals surface area contributed by atoms with Crippen LogP contribution >= 0.6 is 11.3 Å². The van der Waals surface area contributed by atoms with E-state index in [2.05, 4.69) is 15.3 Å². The summed E-state index contributed by atoms with van der Waals surface area (Å²) >= 11 is 1.39. The van der Waals surface area contributed by atoms with Gasteiger partial charge in [-0.3, -0.25) is 10.1 Å². The molecule has 0 bridgehead atoms. The number of hydrogen-bond acceptors (Lipinski definition) is 5. The van der Waals surface area contributed by atoms with E-state index in [0.29, 0.717) is 22.3 Å². The standard InChI is InChI=1S/C19H17N3O3S/c1-10-4-5-12-11(6-10)7-14(20-12)18(23)22-19-21-13-8-15(24-2)16(25-3)9-17(13)26-19/h4-9,20H,1-3H3,(H,21,22,23). The molecule has 2 heterocycles. The smallest absolute Gasteiger partial charge is 0.273 e. The number of carbonyl (C=O) groups is 1. The predicted octanol–water partition coefficient (Wildman–Crippen LogP) is 4.36. The lowest BCUT2D eigenvalue weighted by Gasteiger charge is -2.05. The number of ether oxygens (including phenoxy) is 2. The second-order valence-corrected chi connectivity index (χ2v) is 6.95. The molecule has 0 fully saturated rings. The third-order valence-electron chi connectivity index (χ3n) is 4.14. The lowest BCUT2D eigenvalue weighted by Crippen LogP contribution is -2.11. The Hall–Kier alpha value is -3.06. The van der Waals surface area contributed by atoms with E-state index in [0.717, 1.165) is 26.7 Å². The number of aromatic nitrogens is 2. The van der Waals surface area contributed by atoms with E-state index in [1.807, 2.05) is 37.3 Å². The fraction of sp³-hybridized carbons (Fsp3) is 0.158. The molecular formula is C19H17N3O3S. The van der Waals surface area contributed by atoms with Crippen molar-refractivity contribution in [1.82, 2.24) is 9.97 Å². The number of methoxy groups -OCH3 is 2. The molecule has 7 heteroatoms. The fourth-order valence-electron chi connectivity index (χ4n) is 2.85. The Morgan fingerprint density at radius 2 is 1.88 bits per heavy atom. The van der Waals surface area contributed by atoms with Gasteiger partial charge in [-0.2, -0.15) is 0 Å². The SMILES string of the molecule is COc1cc2nc(NC(=O)c3cc4cc(C)ccc4[nH]3)sc2cc1OC. The Labute approximate surface area is 153 Å². The van der Waals surface area contributed by atoms with E-state index >= 15 is 0 Å². The summed E-state index contributed by atoms with van der Waals surface area (Å²) in [4.78, 5) is 20.2. The molecule has 26 heavy (non-hydrogen) atoms. The van der Waals surface area contributed by atoms with Gasteiger partial charge in [-0.25, -0.2) is 4.98 Å². The van der Waals surface area contributed by atoms with E-state index in [1.165, 1.54) is 11.3 Å². The molecule has 0 saturated carbocycles.